The van der Waals surface area contributed by atoms with Crippen LogP contribution in [0.15, 0.2) is 30.3 Å². The molecule has 0 bridgehead atoms. The molecule has 0 heterocycles. The molecule has 2 heteroatoms. The van der Waals surface area contributed by atoms with Crippen molar-refractivity contribution in [3.63, 3.8) is 0 Å². The van der Waals surface area contributed by atoms with Crippen molar-refractivity contribution in [2.24, 2.45) is 5.73 Å². The van der Waals surface area contributed by atoms with Crippen LogP contribution in [0.1, 0.15) is 30.4 Å². The van der Waals surface area contributed by atoms with E-state index in [1.54, 1.807) is 0 Å². The molecule has 1 saturated carbocycles. The van der Waals surface area contributed by atoms with Gasteiger partial charge in [-0.05, 0) is 36.9 Å². The molecule has 1 fully saturated rings. The van der Waals surface area contributed by atoms with Crippen LogP contribution in [0.25, 0.3) is 6.08 Å². The third-order valence-electron chi connectivity index (χ3n) is 3.05. The van der Waals surface area contributed by atoms with E-state index >= 15 is 0 Å². The lowest BCUT2D eigenvalue weighted by molar-refractivity contribution is 0.908. The molecule has 0 amide bonds. The predicted octanol–water partition coefficient (Wildman–Crippen LogP) is 2.60. The lowest BCUT2D eigenvalue weighted by atomic mass is 9.96. The largest absolute Gasteiger partial charge is 0.330 e. The first-order valence-corrected chi connectivity index (χ1v) is 5.69. The van der Waals surface area contributed by atoms with Crippen molar-refractivity contribution < 1.29 is 0 Å². The number of hydrogen-bond donors (Lipinski definition) is 1. The monoisotopic (exact) mass is 212 g/mol. The standard InChI is InChI=1S/C14H16N2/c15-9-2-1-4-12-5-3-6-13(10-12)14(11-16)7-8-14/h1,3-6,10H,2,7-9,15H2. The maximum absolute atomic E-state index is 9.13. The second kappa shape index (κ2) is 4.51. The summed E-state index contributed by atoms with van der Waals surface area (Å²) in [5.74, 6) is 0. The predicted molar refractivity (Wildman–Crippen MR) is 65.7 cm³/mol. The van der Waals surface area contributed by atoms with Gasteiger partial charge in [-0.2, -0.15) is 5.26 Å². The fraction of sp³-hybridized carbons (Fsp3) is 0.357. The molecule has 16 heavy (non-hydrogen) atoms. The van der Waals surface area contributed by atoms with Crippen molar-refractivity contribution in [2.45, 2.75) is 24.7 Å². The average molecular weight is 212 g/mol. The van der Waals surface area contributed by atoms with E-state index in [2.05, 4.69) is 36.4 Å². The van der Waals surface area contributed by atoms with E-state index in [9.17, 15) is 0 Å². The minimum absolute atomic E-state index is 0.183. The molecule has 0 saturated heterocycles. The first-order valence-electron chi connectivity index (χ1n) is 5.69. The topological polar surface area (TPSA) is 49.8 Å². The van der Waals surface area contributed by atoms with Crippen LogP contribution >= 0.6 is 0 Å². The van der Waals surface area contributed by atoms with E-state index in [1.807, 2.05) is 6.07 Å². The molecule has 0 spiro atoms. The Morgan fingerprint density at radius 2 is 2.25 bits per heavy atom. The number of nitrogens with two attached hydrogens (primary N) is 1. The zero-order valence-corrected chi connectivity index (χ0v) is 9.32. The Kier molecular flexibility index (Phi) is 3.07. The zero-order chi connectivity index (χ0) is 11.4. The maximum atomic E-state index is 9.13. The molecule has 2 rings (SSSR count). The summed E-state index contributed by atoms with van der Waals surface area (Å²) in [5.41, 5.74) is 7.56. The van der Waals surface area contributed by atoms with Crippen molar-refractivity contribution in [1.82, 2.24) is 0 Å². The van der Waals surface area contributed by atoms with Gasteiger partial charge >= 0.3 is 0 Å². The number of hydrogen-bond acceptors (Lipinski definition) is 2. The van der Waals surface area contributed by atoms with Crippen LogP contribution in [0.4, 0.5) is 0 Å². The highest BCUT2D eigenvalue weighted by molar-refractivity contribution is 5.53. The molecular formula is C14H16N2. The smallest absolute Gasteiger partial charge is 0.0824 e. The summed E-state index contributed by atoms with van der Waals surface area (Å²) in [6.45, 7) is 0.679. The maximum Gasteiger partial charge on any atom is 0.0824 e. The van der Waals surface area contributed by atoms with Crippen LogP contribution < -0.4 is 5.73 Å². The fourth-order valence-electron chi connectivity index (χ4n) is 1.85. The molecule has 0 aliphatic heterocycles. The van der Waals surface area contributed by atoms with E-state index in [0.717, 1.165) is 30.4 Å². The molecule has 2 N–H and O–H groups in total. The van der Waals surface area contributed by atoms with Gasteiger partial charge in [-0.25, -0.2) is 0 Å². The van der Waals surface area contributed by atoms with Crippen LogP contribution in [0.3, 0.4) is 0 Å². The molecule has 0 radical (unpaired) electrons. The molecule has 0 aromatic heterocycles. The summed E-state index contributed by atoms with van der Waals surface area (Å²) in [7, 11) is 0. The fourth-order valence-corrected chi connectivity index (χ4v) is 1.85. The molecular weight excluding hydrogens is 196 g/mol. The van der Waals surface area contributed by atoms with Gasteiger partial charge < -0.3 is 5.73 Å². The Bertz CT molecular complexity index is 436. The molecule has 2 nitrogen and oxygen atoms in total. The van der Waals surface area contributed by atoms with Gasteiger partial charge in [0, 0.05) is 0 Å². The summed E-state index contributed by atoms with van der Waals surface area (Å²) in [5, 5.41) is 9.13. The van der Waals surface area contributed by atoms with Crippen LogP contribution in [0.5, 0.6) is 0 Å². The summed E-state index contributed by atoms with van der Waals surface area (Å²) in [6, 6.07) is 10.7. The second-order valence-electron chi connectivity index (χ2n) is 4.30. The minimum Gasteiger partial charge on any atom is -0.330 e. The van der Waals surface area contributed by atoms with Crippen LogP contribution in [-0.4, -0.2) is 6.54 Å². The lowest BCUT2D eigenvalue weighted by Gasteiger charge is -2.06. The van der Waals surface area contributed by atoms with Gasteiger partial charge in [0.1, 0.15) is 0 Å². The van der Waals surface area contributed by atoms with Crippen molar-refractivity contribution in [3.8, 4) is 6.07 Å². The molecule has 1 aliphatic rings. The highest BCUT2D eigenvalue weighted by Gasteiger charge is 2.44. The Balaban J connectivity index is 2.18. The number of nitriles is 1. The summed E-state index contributed by atoms with van der Waals surface area (Å²) in [6.07, 6.45) is 7.04. The van der Waals surface area contributed by atoms with Gasteiger partial charge in [0.15, 0.2) is 0 Å². The average Bonchev–Trinajstić information content (AvgIpc) is 3.11. The first-order chi connectivity index (χ1) is 7.80. The van der Waals surface area contributed by atoms with E-state index in [1.165, 1.54) is 0 Å². The summed E-state index contributed by atoms with van der Waals surface area (Å²) < 4.78 is 0. The van der Waals surface area contributed by atoms with Crippen molar-refractivity contribution in [2.75, 3.05) is 6.54 Å². The van der Waals surface area contributed by atoms with Gasteiger partial charge in [-0.1, -0.05) is 36.4 Å². The normalized spacial score (nSPS) is 17.2. The van der Waals surface area contributed by atoms with Gasteiger partial charge in [-0.15, -0.1) is 0 Å². The number of benzene rings is 1. The van der Waals surface area contributed by atoms with Gasteiger partial charge in [0.05, 0.1) is 11.5 Å². The number of nitrogens with zero attached hydrogens (tertiary/aromatic N) is 1. The Hall–Kier alpha value is -1.59. The quantitative estimate of drug-likeness (QED) is 0.834. The van der Waals surface area contributed by atoms with Gasteiger partial charge in [0.25, 0.3) is 0 Å². The second-order valence-corrected chi connectivity index (χ2v) is 4.30. The molecule has 0 atom stereocenters. The first kappa shape index (κ1) is 10.9. The third kappa shape index (κ3) is 2.15. The summed E-state index contributed by atoms with van der Waals surface area (Å²) in [4.78, 5) is 0. The highest BCUT2D eigenvalue weighted by atomic mass is 14.5. The van der Waals surface area contributed by atoms with E-state index in [4.69, 9.17) is 11.0 Å². The Morgan fingerprint density at radius 3 is 2.88 bits per heavy atom. The van der Waals surface area contributed by atoms with Crippen LogP contribution in [-0.2, 0) is 5.41 Å². The SMILES string of the molecule is N#CC1(c2cccc(C=CCCN)c2)CC1. The van der Waals surface area contributed by atoms with E-state index in [0.29, 0.717) is 6.54 Å². The van der Waals surface area contributed by atoms with Crippen LogP contribution in [0, 0.1) is 11.3 Å². The van der Waals surface area contributed by atoms with Crippen molar-refractivity contribution in [3.05, 3.63) is 41.5 Å². The minimum atomic E-state index is -0.183. The Morgan fingerprint density at radius 1 is 1.44 bits per heavy atom. The van der Waals surface area contributed by atoms with Crippen LogP contribution in [0.2, 0.25) is 0 Å². The van der Waals surface area contributed by atoms with Gasteiger partial charge in [-0.3, -0.25) is 0 Å². The third-order valence-corrected chi connectivity index (χ3v) is 3.05. The van der Waals surface area contributed by atoms with Crippen molar-refractivity contribution in [1.29, 1.82) is 5.26 Å². The Labute approximate surface area is 96.4 Å². The van der Waals surface area contributed by atoms with Gasteiger partial charge in [0.2, 0.25) is 0 Å². The van der Waals surface area contributed by atoms with Crippen molar-refractivity contribution >= 4 is 6.08 Å². The molecule has 1 aliphatic carbocycles. The molecule has 1 aromatic carbocycles. The molecule has 0 unspecified atom stereocenters. The highest BCUT2D eigenvalue weighted by Crippen LogP contribution is 2.47. The van der Waals surface area contributed by atoms with E-state index < -0.39 is 0 Å². The van der Waals surface area contributed by atoms with E-state index in [-0.39, 0.29) is 5.41 Å². The molecule has 82 valence electrons. The number of rotatable bonds is 4. The molecule has 1 aromatic rings. The zero-order valence-electron chi connectivity index (χ0n) is 9.32. The lowest BCUT2D eigenvalue weighted by Crippen LogP contribution is -2.02. The summed E-state index contributed by atoms with van der Waals surface area (Å²) >= 11 is 0.